The van der Waals surface area contributed by atoms with Crippen LogP contribution in [-0.2, 0) is 24.1 Å². The predicted molar refractivity (Wildman–Crippen MR) is 101 cm³/mol. The van der Waals surface area contributed by atoms with Gasteiger partial charge in [0.1, 0.15) is 0 Å². The van der Waals surface area contributed by atoms with E-state index in [2.05, 4.69) is 35.0 Å². The summed E-state index contributed by atoms with van der Waals surface area (Å²) >= 11 is 0. The Labute approximate surface area is 150 Å². The van der Waals surface area contributed by atoms with Crippen molar-refractivity contribution in [3.8, 4) is 0 Å². The van der Waals surface area contributed by atoms with Crippen molar-refractivity contribution >= 4 is 10.9 Å². The van der Waals surface area contributed by atoms with Gasteiger partial charge >= 0.3 is 0 Å². The third-order valence-corrected chi connectivity index (χ3v) is 5.70. The minimum absolute atomic E-state index is 0.329. The molecule has 1 aromatic heterocycles. The summed E-state index contributed by atoms with van der Waals surface area (Å²) in [5, 5.41) is 15.4. The van der Waals surface area contributed by atoms with Gasteiger partial charge in [0.2, 0.25) is 0 Å². The number of hydrogen-bond donors (Lipinski definition) is 2. The first-order valence-electron chi connectivity index (χ1n) is 9.83. The molecule has 1 aliphatic carbocycles. The Balaban J connectivity index is 1.48. The van der Waals surface area contributed by atoms with Crippen LogP contribution in [0.1, 0.15) is 42.5 Å². The number of aliphatic hydroxyl groups is 1. The van der Waals surface area contributed by atoms with E-state index < -0.39 is 0 Å². The number of aliphatic hydroxyl groups excluding tert-OH is 1. The number of aryl methyl sites for hydroxylation is 2. The van der Waals surface area contributed by atoms with Crippen molar-refractivity contribution in [2.75, 3.05) is 19.7 Å². The van der Waals surface area contributed by atoms with Gasteiger partial charge in [0.05, 0.1) is 18.8 Å². The lowest BCUT2D eigenvalue weighted by Crippen LogP contribution is -2.35. The number of rotatable bonds is 6. The largest absolute Gasteiger partial charge is 0.390 e. The fourth-order valence-corrected chi connectivity index (χ4v) is 4.45. The SMILES string of the molecule is Cc1ccc2c(c1)c1c(n2CC(O)CNCC2CCCO2)CCCC1. The van der Waals surface area contributed by atoms with E-state index in [1.54, 1.807) is 0 Å². The lowest BCUT2D eigenvalue weighted by molar-refractivity contribution is 0.101. The molecule has 4 nitrogen and oxygen atoms in total. The Morgan fingerprint density at radius 1 is 1.28 bits per heavy atom. The Morgan fingerprint density at radius 2 is 2.16 bits per heavy atom. The molecule has 2 unspecified atom stereocenters. The van der Waals surface area contributed by atoms with Gasteiger partial charge in [-0.3, -0.25) is 0 Å². The maximum absolute atomic E-state index is 10.6. The van der Waals surface area contributed by atoms with E-state index in [-0.39, 0.29) is 6.10 Å². The first-order chi connectivity index (χ1) is 12.2. The molecule has 2 heterocycles. The fraction of sp³-hybridized carbons (Fsp3) is 0.619. The summed E-state index contributed by atoms with van der Waals surface area (Å²) in [4.78, 5) is 0. The van der Waals surface area contributed by atoms with E-state index in [0.717, 1.165) is 32.4 Å². The molecule has 1 saturated heterocycles. The molecule has 0 spiro atoms. The summed E-state index contributed by atoms with van der Waals surface area (Å²) in [6, 6.07) is 6.74. The number of benzene rings is 1. The second kappa shape index (κ2) is 7.48. The molecule has 0 saturated carbocycles. The highest BCUT2D eigenvalue weighted by molar-refractivity contribution is 5.86. The summed E-state index contributed by atoms with van der Waals surface area (Å²) in [6.07, 6.45) is 7.11. The third kappa shape index (κ3) is 3.62. The third-order valence-electron chi connectivity index (χ3n) is 5.70. The van der Waals surface area contributed by atoms with E-state index in [1.165, 1.54) is 47.0 Å². The molecular weight excluding hydrogens is 312 g/mol. The molecule has 2 aromatic rings. The topological polar surface area (TPSA) is 46.4 Å². The van der Waals surface area contributed by atoms with Crippen LogP contribution in [0.25, 0.3) is 10.9 Å². The second-order valence-corrected chi connectivity index (χ2v) is 7.71. The highest BCUT2D eigenvalue weighted by Crippen LogP contribution is 2.33. The molecule has 1 aromatic carbocycles. The minimum Gasteiger partial charge on any atom is -0.390 e. The second-order valence-electron chi connectivity index (χ2n) is 7.71. The van der Waals surface area contributed by atoms with Crippen LogP contribution < -0.4 is 5.32 Å². The van der Waals surface area contributed by atoms with Crippen molar-refractivity contribution in [1.82, 2.24) is 9.88 Å². The number of aromatic nitrogens is 1. The van der Waals surface area contributed by atoms with Gasteiger partial charge in [0, 0.05) is 36.3 Å². The van der Waals surface area contributed by atoms with E-state index in [9.17, 15) is 5.11 Å². The molecule has 4 rings (SSSR count). The zero-order valence-corrected chi connectivity index (χ0v) is 15.3. The molecule has 0 bridgehead atoms. The lowest BCUT2D eigenvalue weighted by Gasteiger charge is -2.19. The number of nitrogens with one attached hydrogen (secondary N) is 1. The van der Waals surface area contributed by atoms with Crippen LogP contribution in [0.15, 0.2) is 18.2 Å². The average molecular weight is 342 g/mol. The quantitative estimate of drug-likeness (QED) is 0.848. The summed E-state index contributed by atoms with van der Waals surface area (Å²) < 4.78 is 8.01. The van der Waals surface area contributed by atoms with Crippen molar-refractivity contribution in [2.24, 2.45) is 0 Å². The maximum atomic E-state index is 10.6. The van der Waals surface area contributed by atoms with Crippen molar-refractivity contribution in [3.63, 3.8) is 0 Å². The van der Waals surface area contributed by atoms with Gasteiger partial charge in [-0.1, -0.05) is 11.6 Å². The molecule has 25 heavy (non-hydrogen) atoms. The van der Waals surface area contributed by atoms with E-state index >= 15 is 0 Å². The van der Waals surface area contributed by atoms with Gasteiger partial charge in [-0.05, 0) is 63.1 Å². The molecular formula is C21H30N2O2. The van der Waals surface area contributed by atoms with Crippen molar-refractivity contribution in [3.05, 3.63) is 35.0 Å². The number of hydrogen-bond acceptors (Lipinski definition) is 3. The zero-order chi connectivity index (χ0) is 17.2. The summed E-state index contributed by atoms with van der Waals surface area (Å²) in [7, 11) is 0. The van der Waals surface area contributed by atoms with Gasteiger partial charge in [-0.25, -0.2) is 0 Å². The van der Waals surface area contributed by atoms with Gasteiger partial charge in [-0.2, -0.15) is 0 Å². The van der Waals surface area contributed by atoms with Crippen molar-refractivity contribution in [2.45, 2.75) is 64.2 Å². The molecule has 1 aliphatic heterocycles. The van der Waals surface area contributed by atoms with Gasteiger partial charge in [0.25, 0.3) is 0 Å². The lowest BCUT2D eigenvalue weighted by atomic mass is 9.95. The Bertz CT molecular complexity index is 731. The molecule has 1 fully saturated rings. The Hall–Kier alpha value is -1.36. The van der Waals surface area contributed by atoms with Crippen molar-refractivity contribution < 1.29 is 9.84 Å². The molecule has 2 atom stereocenters. The van der Waals surface area contributed by atoms with Crippen LogP contribution in [0.3, 0.4) is 0 Å². The van der Waals surface area contributed by atoms with Gasteiger partial charge < -0.3 is 19.7 Å². The van der Waals surface area contributed by atoms with E-state index in [0.29, 0.717) is 19.2 Å². The molecule has 2 N–H and O–H groups in total. The molecule has 136 valence electrons. The zero-order valence-electron chi connectivity index (χ0n) is 15.3. The monoisotopic (exact) mass is 342 g/mol. The highest BCUT2D eigenvalue weighted by atomic mass is 16.5. The molecule has 4 heteroatoms. The molecule has 2 aliphatic rings. The fourth-order valence-electron chi connectivity index (χ4n) is 4.45. The van der Waals surface area contributed by atoms with Crippen LogP contribution in [0, 0.1) is 6.92 Å². The minimum atomic E-state index is -0.371. The maximum Gasteiger partial charge on any atom is 0.0843 e. The van der Waals surface area contributed by atoms with Crippen molar-refractivity contribution in [1.29, 1.82) is 0 Å². The Morgan fingerprint density at radius 3 is 3.00 bits per heavy atom. The van der Waals surface area contributed by atoms with E-state index in [4.69, 9.17) is 4.74 Å². The van der Waals surface area contributed by atoms with Crippen LogP contribution in [0.4, 0.5) is 0 Å². The average Bonchev–Trinajstić information content (AvgIpc) is 3.22. The van der Waals surface area contributed by atoms with E-state index in [1.807, 2.05) is 0 Å². The summed E-state index contributed by atoms with van der Waals surface area (Å²) in [5.74, 6) is 0. The standard InChI is InChI=1S/C21H30N2O2/c1-15-8-9-21-19(11-15)18-6-2-3-7-20(18)23(21)14-16(24)12-22-13-17-5-4-10-25-17/h8-9,11,16-17,22,24H,2-7,10,12-14H2,1H3. The van der Waals surface area contributed by atoms with Crippen LogP contribution in [-0.4, -0.2) is 41.6 Å². The summed E-state index contributed by atoms with van der Waals surface area (Å²) in [5.41, 5.74) is 5.57. The Kier molecular flexibility index (Phi) is 5.11. The number of fused-ring (bicyclic) bond motifs is 3. The number of nitrogens with zero attached hydrogens (tertiary/aromatic N) is 1. The van der Waals surface area contributed by atoms with Gasteiger partial charge in [0.15, 0.2) is 0 Å². The normalized spacial score (nSPS) is 21.6. The highest BCUT2D eigenvalue weighted by Gasteiger charge is 2.21. The predicted octanol–water partition coefficient (Wildman–Crippen LogP) is 2.96. The summed E-state index contributed by atoms with van der Waals surface area (Å²) in [6.45, 7) is 5.19. The molecule has 0 radical (unpaired) electrons. The smallest absolute Gasteiger partial charge is 0.0843 e. The first-order valence-corrected chi connectivity index (χ1v) is 9.83. The van der Waals surface area contributed by atoms with Gasteiger partial charge in [-0.15, -0.1) is 0 Å². The first kappa shape index (κ1) is 17.1. The van der Waals surface area contributed by atoms with Crippen LogP contribution in [0.2, 0.25) is 0 Å². The number of ether oxygens (including phenoxy) is 1. The van der Waals surface area contributed by atoms with Crippen LogP contribution >= 0.6 is 0 Å². The molecule has 0 amide bonds. The van der Waals surface area contributed by atoms with Crippen LogP contribution in [0.5, 0.6) is 0 Å².